The Morgan fingerprint density at radius 3 is 2.75 bits per heavy atom. The predicted molar refractivity (Wildman–Crippen MR) is 131 cm³/mol. The third kappa shape index (κ3) is 6.51. The van der Waals surface area contributed by atoms with E-state index in [0.717, 1.165) is 70.3 Å². The maximum atomic E-state index is 6.03. The van der Waals surface area contributed by atoms with Gasteiger partial charge in [-0.25, -0.2) is 0 Å². The van der Waals surface area contributed by atoms with E-state index in [4.69, 9.17) is 26.7 Å². The quantitative estimate of drug-likeness (QED) is 0.611. The summed E-state index contributed by atoms with van der Waals surface area (Å²) in [5, 5.41) is 6.91. The number of morpholine rings is 1. The molecule has 32 heavy (non-hydrogen) atoms. The molecular weight excluding hydrogens is 424 g/mol. The zero-order chi connectivity index (χ0) is 22.2. The molecule has 1 aromatic heterocycles. The number of benzene rings is 1. The van der Waals surface area contributed by atoms with Crippen molar-refractivity contribution in [2.45, 2.75) is 32.2 Å². The Bertz CT molecular complexity index is 878. The summed E-state index contributed by atoms with van der Waals surface area (Å²) in [6, 6.07) is 12.0. The average Bonchev–Trinajstić information content (AvgIpc) is 2.80. The summed E-state index contributed by atoms with van der Waals surface area (Å²) in [5.74, 6) is 2.53. The van der Waals surface area contributed by atoms with Crippen LogP contribution in [0, 0.1) is 0 Å². The molecule has 8 nitrogen and oxygen atoms in total. The number of hydrogen-bond donors (Lipinski definition) is 2. The summed E-state index contributed by atoms with van der Waals surface area (Å²) in [7, 11) is 0. The zero-order valence-electron chi connectivity index (χ0n) is 18.6. The van der Waals surface area contributed by atoms with Crippen molar-refractivity contribution in [2.75, 3.05) is 56.2 Å². The van der Waals surface area contributed by atoms with E-state index < -0.39 is 0 Å². The molecule has 2 saturated heterocycles. The first-order chi connectivity index (χ1) is 15.7. The Labute approximate surface area is 195 Å². The highest BCUT2D eigenvalue weighted by molar-refractivity contribution is 7.80. The van der Waals surface area contributed by atoms with Crippen molar-refractivity contribution in [1.82, 2.24) is 20.2 Å². The lowest BCUT2D eigenvalue weighted by Crippen LogP contribution is -2.42. The summed E-state index contributed by atoms with van der Waals surface area (Å²) in [4.78, 5) is 14.0. The SMILES string of the molecule is C[C@@H]1CCCCN1c1cc(Oc2ccccc2)nc(NC(=S)NCCN2CCOCC2)n1. The summed E-state index contributed by atoms with van der Waals surface area (Å²) in [5.41, 5.74) is 0. The van der Waals surface area contributed by atoms with Gasteiger partial charge in [0.1, 0.15) is 11.6 Å². The van der Waals surface area contributed by atoms with Crippen LogP contribution >= 0.6 is 12.2 Å². The number of nitrogens with zero attached hydrogens (tertiary/aromatic N) is 4. The standard InChI is InChI=1S/C23H32N6O2S/c1-18-7-5-6-11-29(18)20-17-21(31-19-8-3-2-4-9-19)26-22(25-20)27-23(32)24-10-12-28-13-15-30-16-14-28/h2-4,8-9,17-18H,5-7,10-16H2,1H3,(H2,24,25,26,27,32)/t18-/m1/s1. The molecular formula is C23H32N6O2S. The lowest BCUT2D eigenvalue weighted by atomic mass is 10.0. The minimum atomic E-state index is 0.426. The zero-order valence-corrected chi connectivity index (χ0v) is 19.4. The normalized spacial score (nSPS) is 19.4. The van der Waals surface area contributed by atoms with Crippen molar-refractivity contribution in [3.63, 3.8) is 0 Å². The monoisotopic (exact) mass is 456 g/mol. The van der Waals surface area contributed by atoms with Crippen molar-refractivity contribution in [3.05, 3.63) is 36.4 Å². The first-order valence-electron chi connectivity index (χ1n) is 11.4. The number of nitrogens with one attached hydrogen (secondary N) is 2. The van der Waals surface area contributed by atoms with E-state index in [0.29, 0.717) is 23.0 Å². The van der Waals surface area contributed by atoms with Crippen molar-refractivity contribution in [1.29, 1.82) is 0 Å². The van der Waals surface area contributed by atoms with Crippen molar-refractivity contribution < 1.29 is 9.47 Å². The number of ether oxygens (including phenoxy) is 2. The third-order valence-corrected chi connectivity index (χ3v) is 6.04. The predicted octanol–water partition coefficient (Wildman–Crippen LogP) is 3.27. The largest absolute Gasteiger partial charge is 0.439 e. The maximum Gasteiger partial charge on any atom is 0.234 e. The number of piperidine rings is 1. The van der Waals surface area contributed by atoms with Crippen molar-refractivity contribution in [3.8, 4) is 11.6 Å². The Kier molecular flexibility index (Phi) is 8.08. The molecule has 1 atom stereocenters. The van der Waals surface area contributed by atoms with Crippen LogP contribution in [0.15, 0.2) is 36.4 Å². The molecule has 0 bridgehead atoms. The van der Waals surface area contributed by atoms with Gasteiger partial charge in [0.2, 0.25) is 11.8 Å². The van der Waals surface area contributed by atoms with Crippen molar-refractivity contribution in [2.24, 2.45) is 0 Å². The molecule has 0 aliphatic carbocycles. The second kappa shape index (κ2) is 11.4. The van der Waals surface area contributed by atoms with Crippen LogP contribution in [0.3, 0.4) is 0 Å². The lowest BCUT2D eigenvalue weighted by Gasteiger charge is -2.34. The molecule has 0 amide bonds. The van der Waals surface area contributed by atoms with E-state index in [-0.39, 0.29) is 0 Å². The summed E-state index contributed by atoms with van der Waals surface area (Å²) in [6.07, 6.45) is 3.56. The van der Waals surface area contributed by atoms with E-state index in [9.17, 15) is 0 Å². The van der Waals surface area contributed by atoms with Crippen LogP contribution in [0.25, 0.3) is 0 Å². The Morgan fingerprint density at radius 2 is 1.97 bits per heavy atom. The fraction of sp³-hybridized carbons (Fsp3) is 0.522. The molecule has 2 aliphatic heterocycles. The van der Waals surface area contributed by atoms with Gasteiger partial charge in [-0.05, 0) is 50.5 Å². The fourth-order valence-electron chi connectivity index (χ4n) is 4.01. The van der Waals surface area contributed by atoms with E-state index in [2.05, 4.69) is 32.3 Å². The van der Waals surface area contributed by atoms with Gasteiger partial charge < -0.3 is 25.0 Å². The van der Waals surface area contributed by atoms with Gasteiger partial charge in [-0.2, -0.15) is 9.97 Å². The molecule has 2 aromatic rings. The van der Waals surface area contributed by atoms with Crippen LogP contribution in [-0.4, -0.2) is 72.0 Å². The van der Waals surface area contributed by atoms with Crippen LogP contribution in [0.1, 0.15) is 26.2 Å². The average molecular weight is 457 g/mol. The summed E-state index contributed by atoms with van der Waals surface area (Å²) >= 11 is 5.50. The number of aromatic nitrogens is 2. The molecule has 9 heteroatoms. The van der Waals surface area contributed by atoms with Crippen LogP contribution in [0.2, 0.25) is 0 Å². The van der Waals surface area contributed by atoms with Crippen LogP contribution in [-0.2, 0) is 4.74 Å². The van der Waals surface area contributed by atoms with Gasteiger partial charge in [0.05, 0.1) is 13.2 Å². The van der Waals surface area contributed by atoms with E-state index in [1.165, 1.54) is 6.42 Å². The third-order valence-electron chi connectivity index (χ3n) is 5.79. The van der Waals surface area contributed by atoms with Gasteiger partial charge in [0.15, 0.2) is 5.11 Å². The minimum Gasteiger partial charge on any atom is -0.439 e. The second-order valence-corrected chi connectivity index (χ2v) is 8.58. The van der Waals surface area contributed by atoms with E-state index in [1.807, 2.05) is 36.4 Å². The molecule has 0 unspecified atom stereocenters. The fourth-order valence-corrected chi connectivity index (χ4v) is 4.21. The molecule has 1 aromatic carbocycles. The van der Waals surface area contributed by atoms with E-state index in [1.54, 1.807) is 0 Å². The highest BCUT2D eigenvalue weighted by Crippen LogP contribution is 2.28. The van der Waals surface area contributed by atoms with Gasteiger partial charge in [-0.15, -0.1) is 0 Å². The Morgan fingerprint density at radius 1 is 1.16 bits per heavy atom. The molecule has 0 saturated carbocycles. The van der Waals surface area contributed by atoms with Crippen LogP contribution in [0.5, 0.6) is 11.6 Å². The van der Waals surface area contributed by atoms with Crippen LogP contribution < -0.4 is 20.3 Å². The molecule has 0 radical (unpaired) electrons. The topological polar surface area (TPSA) is 74.8 Å². The number of hydrogen-bond acceptors (Lipinski definition) is 7. The maximum absolute atomic E-state index is 6.03. The first kappa shape index (κ1) is 22.7. The molecule has 3 heterocycles. The summed E-state index contributed by atoms with van der Waals surface area (Å²) < 4.78 is 11.4. The lowest BCUT2D eigenvalue weighted by molar-refractivity contribution is 0.0389. The van der Waals surface area contributed by atoms with E-state index >= 15 is 0 Å². The van der Waals surface area contributed by atoms with Gasteiger partial charge in [-0.3, -0.25) is 4.90 Å². The molecule has 172 valence electrons. The molecule has 2 aliphatic rings. The van der Waals surface area contributed by atoms with Gasteiger partial charge in [-0.1, -0.05) is 18.2 Å². The summed E-state index contributed by atoms with van der Waals surface area (Å²) in [6.45, 7) is 8.39. The molecule has 2 fully saturated rings. The number of thiocarbonyl (C=S) groups is 1. The number of rotatable bonds is 7. The minimum absolute atomic E-state index is 0.426. The van der Waals surface area contributed by atoms with Gasteiger partial charge in [0, 0.05) is 44.8 Å². The highest BCUT2D eigenvalue weighted by Gasteiger charge is 2.22. The smallest absolute Gasteiger partial charge is 0.234 e. The van der Waals surface area contributed by atoms with Crippen LogP contribution in [0.4, 0.5) is 11.8 Å². The highest BCUT2D eigenvalue weighted by atomic mass is 32.1. The van der Waals surface area contributed by atoms with Crippen molar-refractivity contribution >= 4 is 29.1 Å². The number of para-hydroxylation sites is 1. The molecule has 0 spiro atoms. The number of anilines is 2. The molecule has 2 N–H and O–H groups in total. The first-order valence-corrected chi connectivity index (χ1v) is 11.8. The Balaban J connectivity index is 1.43. The second-order valence-electron chi connectivity index (χ2n) is 8.18. The Hall–Kier alpha value is -2.49. The van der Waals surface area contributed by atoms with Gasteiger partial charge >= 0.3 is 0 Å². The molecule has 4 rings (SSSR count). The van der Waals surface area contributed by atoms with Gasteiger partial charge in [0.25, 0.3) is 0 Å².